The van der Waals surface area contributed by atoms with E-state index in [2.05, 4.69) is 15.0 Å². The number of aryl methyl sites for hydroxylation is 1. The first kappa shape index (κ1) is 12.7. The van der Waals surface area contributed by atoms with Gasteiger partial charge in [0.05, 0.1) is 5.69 Å². The average molecular weight is 303 g/mol. The summed E-state index contributed by atoms with van der Waals surface area (Å²) in [6.45, 7) is 0. The van der Waals surface area contributed by atoms with E-state index >= 15 is 0 Å². The average Bonchev–Trinajstić information content (AvgIpc) is 3.25. The summed E-state index contributed by atoms with van der Waals surface area (Å²) in [4.78, 5) is 12.5. The molecule has 3 aromatic rings. The Labute approximate surface area is 125 Å². The lowest BCUT2D eigenvalue weighted by atomic mass is 10.1. The standard InChI is InChI=1S/C15H12ClFN4/c1-21-5-4-9-6-10(7-18-14(9)21)13-11(17)12(8-2-3-8)19-15(16)20-13/h4-8H,2-3H2,1H3. The smallest absolute Gasteiger partial charge is 0.223 e. The van der Waals surface area contributed by atoms with Crippen LogP contribution in [0.15, 0.2) is 24.5 Å². The summed E-state index contributed by atoms with van der Waals surface area (Å²) in [6.07, 6.45) is 5.46. The highest BCUT2D eigenvalue weighted by Crippen LogP contribution is 2.42. The summed E-state index contributed by atoms with van der Waals surface area (Å²) < 4.78 is 16.5. The molecule has 0 saturated heterocycles. The van der Waals surface area contributed by atoms with E-state index in [1.807, 2.05) is 29.9 Å². The van der Waals surface area contributed by atoms with Gasteiger partial charge < -0.3 is 4.57 Å². The van der Waals surface area contributed by atoms with Gasteiger partial charge in [0.15, 0.2) is 5.82 Å². The van der Waals surface area contributed by atoms with Crippen LogP contribution in [0.4, 0.5) is 4.39 Å². The molecule has 4 nitrogen and oxygen atoms in total. The van der Waals surface area contributed by atoms with E-state index in [0.717, 1.165) is 23.9 Å². The molecule has 0 radical (unpaired) electrons. The van der Waals surface area contributed by atoms with Crippen LogP contribution in [0, 0.1) is 5.82 Å². The Balaban J connectivity index is 1.91. The van der Waals surface area contributed by atoms with Crippen LogP contribution in [0.1, 0.15) is 24.5 Å². The van der Waals surface area contributed by atoms with Crippen molar-refractivity contribution >= 4 is 22.6 Å². The van der Waals surface area contributed by atoms with Crippen molar-refractivity contribution in [1.29, 1.82) is 0 Å². The van der Waals surface area contributed by atoms with Gasteiger partial charge in [-0.25, -0.2) is 19.3 Å². The van der Waals surface area contributed by atoms with Gasteiger partial charge in [0.2, 0.25) is 5.28 Å². The Hall–Kier alpha value is -2.01. The molecule has 0 spiro atoms. The molecule has 106 valence electrons. The second-order valence-electron chi connectivity index (χ2n) is 5.38. The van der Waals surface area contributed by atoms with Crippen LogP contribution in [0.3, 0.4) is 0 Å². The number of halogens is 2. The molecule has 1 aliphatic carbocycles. The van der Waals surface area contributed by atoms with E-state index in [9.17, 15) is 4.39 Å². The van der Waals surface area contributed by atoms with Crippen molar-refractivity contribution in [3.63, 3.8) is 0 Å². The van der Waals surface area contributed by atoms with Crippen molar-refractivity contribution in [2.75, 3.05) is 0 Å². The first-order valence-corrected chi connectivity index (χ1v) is 7.15. The molecule has 0 N–H and O–H groups in total. The molecular weight excluding hydrogens is 291 g/mol. The highest BCUT2D eigenvalue weighted by molar-refractivity contribution is 6.28. The van der Waals surface area contributed by atoms with Crippen LogP contribution in [0.5, 0.6) is 0 Å². The fourth-order valence-electron chi connectivity index (χ4n) is 2.54. The zero-order valence-corrected chi connectivity index (χ0v) is 12.1. The summed E-state index contributed by atoms with van der Waals surface area (Å²) in [5.41, 5.74) is 2.13. The predicted octanol–water partition coefficient (Wildman–Crippen LogP) is 3.70. The highest BCUT2D eigenvalue weighted by Gasteiger charge is 2.30. The first-order chi connectivity index (χ1) is 10.1. The van der Waals surface area contributed by atoms with E-state index in [1.165, 1.54) is 0 Å². The summed E-state index contributed by atoms with van der Waals surface area (Å²) in [6, 6.07) is 3.81. The summed E-state index contributed by atoms with van der Waals surface area (Å²) in [5.74, 6) is -0.198. The van der Waals surface area contributed by atoms with Crippen molar-refractivity contribution in [1.82, 2.24) is 19.5 Å². The van der Waals surface area contributed by atoms with E-state index in [1.54, 1.807) is 6.20 Å². The third-order valence-electron chi connectivity index (χ3n) is 3.79. The van der Waals surface area contributed by atoms with Crippen molar-refractivity contribution in [2.45, 2.75) is 18.8 Å². The maximum absolute atomic E-state index is 14.6. The zero-order chi connectivity index (χ0) is 14.6. The lowest BCUT2D eigenvalue weighted by molar-refractivity contribution is 0.596. The lowest BCUT2D eigenvalue weighted by Gasteiger charge is -2.07. The van der Waals surface area contributed by atoms with E-state index in [-0.39, 0.29) is 22.7 Å². The minimum atomic E-state index is -0.376. The minimum absolute atomic E-state index is 0.0847. The third-order valence-corrected chi connectivity index (χ3v) is 3.96. The van der Waals surface area contributed by atoms with Crippen LogP contribution in [-0.2, 0) is 7.05 Å². The molecule has 1 aliphatic rings. The SMILES string of the molecule is Cn1ccc2cc(-c3nc(Cl)nc(C4CC4)c3F)cnc21. The van der Waals surface area contributed by atoms with Crippen molar-refractivity contribution in [2.24, 2.45) is 7.05 Å². The van der Waals surface area contributed by atoms with Gasteiger partial charge in [-0.15, -0.1) is 0 Å². The second-order valence-corrected chi connectivity index (χ2v) is 5.72. The summed E-state index contributed by atoms with van der Waals surface area (Å²) >= 11 is 5.95. The van der Waals surface area contributed by atoms with Crippen LogP contribution < -0.4 is 0 Å². The summed E-state index contributed by atoms with van der Waals surface area (Å²) in [7, 11) is 1.92. The van der Waals surface area contributed by atoms with Crippen molar-refractivity contribution in [3.8, 4) is 11.3 Å². The molecule has 3 heterocycles. The topological polar surface area (TPSA) is 43.6 Å². The molecule has 4 rings (SSSR count). The van der Waals surface area contributed by atoms with Crippen LogP contribution in [0.25, 0.3) is 22.3 Å². The molecular formula is C15H12ClFN4. The van der Waals surface area contributed by atoms with Crippen molar-refractivity contribution < 1.29 is 4.39 Å². The van der Waals surface area contributed by atoms with Gasteiger partial charge in [-0.2, -0.15) is 0 Å². The largest absolute Gasteiger partial charge is 0.336 e. The fourth-order valence-corrected chi connectivity index (χ4v) is 2.71. The van der Waals surface area contributed by atoms with Gasteiger partial charge in [-0.05, 0) is 36.6 Å². The Kier molecular flexibility index (Phi) is 2.72. The normalized spacial score (nSPS) is 14.8. The van der Waals surface area contributed by atoms with E-state index in [4.69, 9.17) is 11.6 Å². The Bertz CT molecular complexity index is 854. The maximum Gasteiger partial charge on any atom is 0.223 e. The predicted molar refractivity (Wildman–Crippen MR) is 78.7 cm³/mol. The zero-order valence-electron chi connectivity index (χ0n) is 11.3. The first-order valence-electron chi connectivity index (χ1n) is 6.78. The molecule has 3 aromatic heterocycles. The Morgan fingerprint density at radius 1 is 1.33 bits per heavy atom. The number of aromatic nitrogens is 4. The number of pyridine rings is 1. The molecule has 0 unspecified atom stereocenters. The van der Waals surface area contributed by atoms with Gasteiger partial charge >= 0.3 is 0 Å². The van der Waals surface area contributed by atoms with E-state index in [0.29, 0.717) is 11.3 Å². The number of nitrogens with zero attached hydrogens (tertiary/aromatic N) is 4. The second kappa shape index (κ2) is 4.49. The maximum atomic E-state index is 14.6. The van der Waals surface area contributed by atoms with Crippen LogP contribution in [0.2, 0.25) is 5.28 Å². The monoisotopic (exact) mass is 302 g/mol. The van der Waals surface area contributed by atoms with Crippen LogP contribution >= 0.6 is 11.6 Å². The van der Waals surface area contributed by atoms with E-state index < -0.39 is 0 Å². The Morgan fingerprint density at radius 3 is 2.90 bits per heavy atom. The van der Waals surface area contributed by atoms with Gasteiger partial charge in [0.25, 0.3) is 0 Å². The molecule has 6 heteroatoms. The number of rotatable bonds is 2. The van der Waals surface area contributed by atoms with Gasteiger partial charge in [0, 0.05) is 36.3 Å². The molecule has 0 bridgehead atoms. The number of fused-ring (bicyclic) bond motifs is 1. The molecule has 0 atom stereocenters. The quantitative estimate of drug-likeness (QED) is 0.678. The lowest BCUT2D eigenvalue weighted by Crippen LogP contribution is -2.01. The fraction of sp³-hybridized carbons (Fsp3) is 0.267. The van der Waals surface area contributed by atoms with Crippen molar-refractivity contribution in [3.05, 3.63) is 41.3 Å². The summed E-state index contributed by atoms with van der Waals surface area (Å²) in [5, 5.41) is 1.03. The molecule has 1 fully saturated rings. The van der Waals surface area contributed by atoms with Gasteiger partial charge in [-0.1, -0.05) is 0 Å². The highest BCUT2D eigenvalue weighted by atomic mass is 35.5. The number of hydrogen-bond donors (Lipinski definition) is 0. The Morgan fingerprint density at radius 2 is 2.14 bits per heavy atom. The third kappa shape index (κ3) is 2.08. The van der Waals surface area contributed by atoms with Crippen LogP contribution in [-0.4, -0.2) is 19.5 Å². The molecule has 0 aliphatic heterocycles. The molecule has 0 aromatic carbocycles. The van der Waals surface area contributed by atoms with Gasteiger partial charge in [0.1, 0.15) is 11.3 Å². The minimum Gasteiger partial charge on any atom is -0.336 e. The molecule has 21 heavy (non-hydrogen) atoms. The molecule has 0 amide bonds. The molecule has 1 saturated carbocycles. The number of hydrogen-bond acceptors (Lipinski definition) is 3. The van der Waals surface area contributed by atoms with Gasteiger partial charge in [-0.3, -0.25) is 0 Å².